The van der Waals surface area contributed by atoms with Crippen LogP contribution in [0.2, 0.25) is 0 Å². The molecular weight excluding hydrogens is 156 g/mol. The molecule has 3 nitrogen and oxygen atoms in total. The van der Waals surface area contributed by atoms with Crippen LogP contribution in [-0.2, 0) is 4.74 Å². The number of rotatable bonds is 5. The third kappa shape index (κ3) is 2.78. The molecule has 0 spiro atoms. The highest BCUT2D eigenvalue weighted by molar-refractivity contribution is 5.58. The topological polar surface area (TPSA) is 46.5 Å². The lowest BCUT2D eigenvalue weighted by Gasteiger charge is -2.24. The summed E-state index contributed by atoms with van der Waals surface area (Å²) in [6.07, 6.45) is 3.00. The summed E-state index contributed by atoms with van der Waals surface area (Å²) in [6.45, 7) is 8.97. The normalized spacial score (nSPS) is 10.4. The van der Waals surface area contributed by atoms with Crippen LogP contribution < -0.4 is 0 Å². The summed E-state index contributed by atoms with van der Waals surface area (Å²) < 4.78 is 4.66. The van der Waals surface area contributed by atoms with Gasteiger partial charge in [0, 0.05) is 0 Å². The van der Waals surface area contributed by atoms with E-state index in [2.05, 4.69) is 17.9 Å². The Balaban J connectivity index is 4.44. The summed E-state index contributed by atoms with van der Waals surface area (Å²) in [7, 11) is 0. The fourth-order valence-electron chi connectivity index (χ4n) is 0.975. The Kier molecular flexibility index (Phi) is 4.11. The maximum Gasteiger partial charge on any atom is 0.506 e. The third-order valence-corrected chi connectivity index (χ3v) is 1.61. The van der Waals surface area contributed by atoms with E-state index in [0.29, 0.717) is 6.42 Å². The van der Waals surface area contributed by atoms with Crippen molar-refractivity contribution in [2.45, 2.75) is 25.4 Å². The van der Waals surface area contributed by atoms with Crippen LogP contribution in [0.4, 0.5) is 4.79 Å². The first-order valence-electron chi connectivity index (χ1n) is 3.79. The molecule has 0 amide bonds. The number of carboxylic acid groups (broad SMARTS) is 1. The highest BCUT2D eigenvalue weighted by Gasteiger charge is 2.25. The molecule has 68 valence electrons. The summed E-state index contributed by atoms with van der Waals surface area (Å²) >= 11 is 0. The van der Waals surface area contributed by atoms with Crippen molar-refractivity contribution in [1.29, 1.82) is 0 Å². The Labute approximate surface area is 72.3 Å². The van der Waals surface area contributed by atoms with Crippen LogP contribution in [0.25, 0.3) is 0 Å². The summed E-state index contributed by atoms with van der Waals surface area (Å²) in [6, 6.07) is 0. The lowest BCUT2D eigenvalue weighted by Crippen LogP contribution is -2.29. The zero-order chi connectivity index (χ0) is 9.61. The molecular formula is C9H14O3. The van der Waals surface area contributed by atoms with E-state index in [1.165, 1.54) is 12.2 Å². The maximum atomic E-state index is 10.3. The molecule has 0 aliphatic rings. The molecule has 0 unspecified atom stereocenters. The maximum absolute atomic E-state index is 10.3. The van der Waals surface area contributed by atoms with Crippen molar-refractivity contribution in [3.8, 4) is 0 Å². The fourth-order valence-corrected chi connectivity index (χ4v) is 0.975. The molecule has 0 bridgehead atoms. The molecule has 0 aromatic carbocycles. The molecule has 0 rings (SSSR count). The van der Waals surface area contributed by atoms with E-state index in [0.717, 1.165) is 6.42 Å². The molecule has 0 fully saturated rings. The molecule has 0 aromatic heterocycles. The Bertz CT molecular complexity index is 176. The van der Waals surface area contributed by atoms with Gasteiger partial charge in [-0.05, 0) is 18.6 Å². The minimum absolute atomic E-state index is 0.576. The van der Waals surface area contributed by atoms with Gasteiger partial charge in [-0.3, -0.25) is 0 Å². The third-order valence-electron chi connectivity index (χ3n) is 1.61. The van der Waals surface area contributed by atoms with Crippen LogP contribution in [0.1, 0.15) is 19.8 Å². The molecule has 0 aromatic rings. The van der Waals surface area contributed by atoms with Crippen LogP contribution in [0.5, 0.6) is 0 Å². The molecule has 3 heteroatoms. The fraction of sp³-hybridized carbons (Fsp3) is 0.444. The smallest absolute Gasteiger partial charge is 0.450 e. The average molecular weight is 170 g/mol. The van der Waals surface area contributed by atoms with Gasteiger partial charge in [0.2, 0.25) is 0 Å². The van der Waals surface area contributed by atoms with Crippen molar-refractivity contribution in [1.82, 2.24) is 0 Å². The van der Waals surface area contributed by atoms with Crippen LogP contribution in [-0.4, -0.2) is 16.9 Å². The predicted octanol–water partition coefficient (Wildman–Crippen LogP) is 2.59. The lowest BCUT2D eigenvalue weighted by molar-refractivity contribution is 0.0316. The number of carbonyl (C=O) groups is 1. The minimum atomic E-state index is -1.30. The Morgan fingerprint density at radius 2 is 2.08 bits per heavy atom. The van der Waals surface area contributed by atoms with Gasteiger partial charge in [-0.25, -0.2) is 4.79 Å². The van der Waals surface area contributed by atoms with Crippen LogP contribution in [0.15, 0.2) is 25.3 Å². The first-order valence-corrected chi connectivity index (χ1v) is 3.79. The van der Waals surface area contributed by atoms with E-state index in [1.807, 2.05) is 6.92 Å². The SMILES string of the molecule is C=CC(C=C)(CCC)OC(=O)O. The first-order chi connectivity index (χ1) is 5.60. The predicted molar refractivity (Wildman–Crippen MR) is 47.1 cm³/mol. The quantitative estimate of drug-likeness (QED) is 0.509. The van der Waals surface area contributed by atoms with Gasteiger partial charge in [0.1, 0.15) is 0 Å². The number of ether oxygens (including phenoxy) is 1. The zero-order valence-corrected chi connectivity index (χ0v) is 7.25. The standard InChI is InChI=1S/C9H14O3/c1-4-7-9(5-2,6-3)12-8(10)11/h5-6H,2-4,7H2,1H3,(H,10,11). The first kappa shape index (κ1) is 10.8. The number of hydrogen-bond acceptors (Lipinski definition) is 2. The molecule has 0 atom stereocenters. The van der Waals surface area contributed by atoms with Crippen LogP contribution >= 0.6 is 0 Å². The van der Waals surface area contributed by atoms with Crippen LogP contribution in [0, 0.1) is 0 Å². The molecule has 0 aliphatic carbocycles. The molecule has 1 N–H and O–H groups in total. The second-order valence-electron chi connectivity index (χ2n) is 2.48. The Hall–Kier alpha value is -1.25. The van der Waals surface area contributed by atoms with E-state index in [4.69, 9.17) is 5.11 Å². The highest BCUT2D eigenvalue weighted by Crippen LogP contribution is 2.20. The van der Waals surface area contributed by atoms with E-state index in [1.54, 1.807) is 0 Å². The average Bonchev–Trinajstić information content (AvgIpc) is 2.03. The molecule has 0 saturated carbocycles. The van der Waals surface area contributed by atoms with Crippen molar-refractivity contribution < 1.29 is 14.6 Å². The summed E-state index contributed by atoms with van der Waals surface area (Å²) in [5, 5.41) is 8.42. The summed E-state index contributed by atoms with van der Waals surface area (Å²) in [4.78, 5) is 10.3. The van der Waals surface area contributed by atoms with Crippen molar-refractivity contribution in [2.24, 2.45) is 0 Å². The summed E-state index contributed by atoms with van der Waals surface area (Å²) in [5.41, 5.74) is -0.916. The Morgan fingerprint density at radius 3 is 2.33 bits per heavy atom. The Morgan fingerprint density at radius 1 is 1.58 bits per heavy atom. The van der Waals surface area contributed by atoms with E-state index >= 15 is 0 Å². The number of hydrogen-bond donors (Lipinski definition) is 1. The largest absolute Gasteiger partial charge is 0.506 e. The van der Waals surface area contributed by atoms with Crippen molar-refractivity contribution in [2.75, 3.05) is 0 Å². The minimum Gasteiger partial charge on any atom is -0.450 e. The summed E-state index contributed by atoms with van der Waals surface area (Å²) in [5.74, 6) is 0. The van der Waals surface area contributed by atoms with Gasteiger partial charge in [0.15, 0.2) is 5.60 Å². The molecule has 0 saturated heterocycles. The van der Waals surface area contributed by atoms with Crippen molar-refractivity contribution in [3.63, 3.8) is 0 Å². The second-order valence-corrected chi connectivity index (χ2v) is 2.48. The molecule has 0 radical (unpaired) electrons. The van der Waals surface area contributed by atoms with Gasteiger partial charge < -0.3 is 9.84 Å². The van der Waals surface area contributed by atoms with E-state index in [-0.39, 0.29) is 0 Å². The monoisotopic (exact) mass is 170 g/mol. The van der Waals surface area contributed by atoms with Crippen molar-refractivity contribution >= 4 is 6.16 Å². The molecule has 0 heterocycles. The van der Waals surface area contributed by atoms with Gasteiger partial charge in [0.05, 0.1) is 0 Å². The molecule has 0 aliphatic heterocycles. The molecule has 12 heavy (non-hydrogen) atoms. The zero-order valence-electron chi connectivity index (χ0n) is 7.25. The van der Waals surface area contributed by atoms with Gasteiger partial charge in [-0.2, -0.15) is 0 Å². The van der Waals surface area contributed by atoms with E-state index < -0.39 is 11.8 Å². The van der Waals surface area contributed by atoms with Crippen LogP contribution in [0.3, 0.4) is 0 Å². The second kappa shape index (κ2) is 4.59. The highest BCUT2D eigenvalue weighted by atomic mass is 16.7. The van der Waals surface area contributed by atoms with Gasteiger partial charge >= 0.3 is 6.16 Å². The van der Waals surface area contributed by atoms with E-state index in [9.17, 15) is 4.79 Å². The van der Waals surface area contributed by atoms with Gasteiger partial charge in [-0.15, -0.1) is 0 Å². The van der Waals surface area contributed by atoms with Gasteiger partial charge in [-0.1, -0.05) is 26.5 Å². The lowest BCUT2D eigenvalue weighted by atomic mass is 9.98. The van der Waals surface area contributed by atoms with Gasteiger partial charge in [0.25, 0.3) is 0 Å². The van der Waals surface area contributed by atoms with Crippen molar-refractivity contribution in [3.05, 3.63) is 25.3 Å².